The molecule has 0 aliphatic heterocycles. The molecule has 1 fully saturated rings. The van der Waals surface area contributed by atoms with Crippen LogP contribution in [0.3, 0.4) is 0 Å². The van der Waals surface area contributed by atoms with Crippen molar-refractivity contribution in [3.8, 4) is 0 Å². The Morgan fingerprint density at radius 1 is 1.53 bits per heavy atom. The summed E-state index contributed by atoms with van der Waals surface area (Å²) in [5, 5.41) is 8.73. The molecule has 1 aliphatic carbocycles. The highest BCUT2D eigenvalue weighted by atomic mass is 32.2. The standard InChI is InChI=1S/C11H20O3S/c1-3-9(2)7-15(14)8-11(4-5-11)6-10(12)13/h9H,3-8H2,1-2H3,(H,12,13). The molecule has 0 spiro atoms. The number of rotatable bonds is 7. The Balaban J connectivity index is 2.34. The van der Waals surface area contributed by atoms with Crippen LogP contribution >= 0.6 is 0 Å². The van der Waals surface area contributed by atoms with Gasteiger partial charge in [-0.1, -0.05) is 20.3 Å². The van der Waals surface area contributed by atoms with Crippen molar-refractivity contribution in [2.45, 2.75) is 39.5 Å². The summed E-state index contributed by atoms with van der Waals surface area (Å²) in [6, 6.07) is 0. The minimum atomic E-state index is -0.837. The molecule has 1 aliphatic rings. The summed E-state index contributed by atoms with van der Waals surface area (Å²) < 4.78 is 11.8. The van der Waals surface area contributed by atoms with Gasteiger partial charge in [-0.2, -0.15) is 0 Å². The van der Waals surface area contributed by atoms with Gasteiger partial charge in [-0.25, -0.2) is 0 Å². The second-order valence-electron chi connectivity index (χ2n) is 4.83. The molecule has 4 heteroatoms. The van der Waals surface area contributed by atoms with Crippen molar-refractivity contribution in [3.63, 3.8) is 0 Å². The van der Waals surface area contributed by atoms with E-state index in [1.807, 2.05) is 0 Å². The first-order valence-corrected chi connectivity index (χ1v) is 7.03. The summed E-state index contributed by atoms with van der Waals surface area (Å²) in [5.41, 5.74) is -0.121. The fourth-order valence-electron chi connectivity index (χ4n) is 1.71. The van der Waals surface area contributed by atoms with Crippen molar-refractivity contribution in [1.82, 2.24) is 0 Å². The predicted molar refractivity (Wildman–Crippen MR) is 61.3 cm³/mol. The van der Waals surface area contributed by atoms with Gasteiger partial charge in [-0.05, 0) is 24.2 Å². The third-order valence-corrected chi connectivity index (χ3v) is 4.99. The topological polar surface area (TPSA) is 54.4 Å². The Kier molecular flexibility index (Phi) is 4.32. The lowest BCUT2D eigenvalue weighted by Gasteiger charge is -2.13. The van der Waals surface area contributed by atoms with Crippen LogP contribution in [0.1, 0.15) is 39.5 Å². The fourth-order valence-corrected chi connectivity index (χ4v) is 3.77. The second-order valence-corrected chi connectivity index (χ2v) is 6.34. The molecule has 15 heavy (non-hydrogen) atoms. The molecule has 0 aromatic rings. The van der Waals surface area contributed by atoms with Crippen LogP contribution < -0.4 is 0 Å². The van der Waals surface area contributed by atoms with E-state index in [2.05, 4.69) is 13.8 Å². The molecule has 0 aromatic carbocycles. The molecular formula is C11H20O3S. The van der Waals surface area contributed by atoms with Gasteiger partial charge in [-0.3, -0.25) is 9.00 Å². The summed E-state index contributed by atoms with van der Waals surface area (Å²) in [7, 11) is -0.837. The second kappa shape index (κ2) is 5.10. The molecule has 1 rings (SSSR count). The number of carbonyl (C=O) groups is 1. The lowest BCUT2D eigenvalue weighted by atomic mass is 10.1. The zero-order chi connectivity index (χ0) is 11.5. The highest BCUT2D eigenvalue weighted by Crippen LogP contribution is 2.49. The minimum absolute atomic E-state index is 0.121. The van der Waals surface area contributed by atoms with Crippen LogP contribution in [-0.2, 0) is 15.6 Å². The monoisotopic (exact) mass is 232 g/mol. The van der Waals surface area contributed by atoms with Gasteiger partial charge in [0.15, 0.2) is 0 Å². The molecule has 0 bridgehead atoms. The number of hydrogen-bond donors (Lipinski definition) is 1. The number of hydrogen-bond acceptors (Lipinski definition) is 2. The van der Waals surface area contributed by atoms with Crippen LogP contribution in [0.5, 0.6) is 0 Å². The predicted octanol–water partition coefficient (Wildman–Crippen LogP) is 2.04. The van der Waals surface area contributed by atoms with E-state index in [1.54, 1.807) is 0 Å². The molecular weight excluding hydrogens is 212 g/mol. The first-order chi connectivity index (χ1) is 6.97. The van der Waals surface area contributed by atoms with Gasteiger partial charge in [0, 0.05) is 22.3 Å². The maximum absolute atomic E-state index is 11.8. The Morgan fingerprint density at radius 3 is 2.53 bits per heavy atom. The highest BCUT2D eigenvalue weighted by Gasteiger charge is 2.45. The average molecular weight is 232 g/mol. The Bertz CT molecular complexity index is 259. The van der Waals surface area contributed by atoms with Crippen LogP contribution in [0.2, 0.25) is 0 Å². The molecule has 0 amide bonds. The van der Waals surface area contributed by atoms with Crippen LogP contribution in [-0.4, -0.2) is 26.8 Å². The first-order valence-electron chi connectivity index (χ1n) is 5.54. The fraction of sp³-hybridized carbons (Fsp3) is 0.909. The maximum Gasteiger partial charge on any atom is 0.303 e. The molecule has 2 atom stereocenters. The van der Waals surface area contributed by atoms with Gasteiger partial charge in [0.05, 0.1) is 6.42 Å². The van der Waals surface area contributed by atoms with Crippen molar-refractivity contribution >= 4 is 16.8 Å². The third kappa shape index (κ3) is 4.33. The smallest absolute Gasteiger partial charge is 0.303 e. The number of aliphatic carboxylic acids is 1. The molecule has 1 saturated carbocycles. The Hall–Kier alpha value is -0.380. The molecule has 3 nitrogen and oxygen atoms in total. The summed E-state index contributed by atoms with van der Waals surface area (Å²) in [6.07, 6.45) is 3.11. The van der Waals surface area contributed by atoms with E-state index in [9.17, 15) is 9.00 Å². The molecule has 0 heterocycles. The molecule has 1 N–H and O–H groups in total. The Labute approximate surface area is 93.7 Å². The van der Waals surface area contributed by atoms with Gasteiger partial charge in [0.25, 0.3) is 0 Å². The molecule has 2 unspecified atom stereocenters. The molecule has 0 aromatic heterocycles. The summed E-state index contributed by atoms with van der Waals surface area (Å²) in [6.45, 7) is 4.18. The number of carboxylic acid groups (broad SMARTS) is 1. The van der Waals surface area contributed by atoms with Crippen molar-refractivity contribution in [3.05, 3.63) is 0 Å². The lowest BCUT2D eigenvalue weighted by molar-refractivity contribution is -0.138. The summed E-state index contributed by atoms with van der Waals surface area (Å²) >= 11 is 0. The SMILES string of the molecule is CCC(C)CS(=O)CC1(CC(=O)O)CC1. The van der Waals surface area contributed by atoms with Gasteiger partial charge in [0.1, 0.15) is 0 Å². The molecule has 0 saturated heterocycles. The van der Waals surface area contributed by atoms with E-state index in [0.29, 0.717) is 11.7 Å². The zero-order valence-corrected chi connectivity index (χ0v) is 10.3. The summed E-state index contributed by atoms with van der Waals surface area (Å²) in [4.78, 5) is 10.6. The van der Waals surface area contributed by atoms with Crippen molar-refractivity contribution in [2.24, 2.45) is 11.3 Å². The van der Waals surface area contributed by atoms with Crippen molar-refractivity contribution < 1.29 is 14.1 Å². The molecule has 0 radical (unpaired) electrons. The van der Waals surface area contributed by atoms with E-state index in [1.165, 1.54) is 0 Å². The van der Waals surface area contributed by atoms with Crippen molar-refractivity contribution in [1.29, 1.82) is 0 Å². The van der Waals surface area contributed by atoms with E-state index in [0.717, 1.165) is 25.0 Å². The average Bonchev–Trinajstić information content (AvgIpc) is 2.82. The number of carboxylic acids is 1. The maximum atomic E-state index is 11.8. The first kappa shape index (κ1) is 12.7. The van der Waals surface area contributed by atoms with Crippen LogP contribution in [0.25, 0.3) is 0 Å². The lowest BCUT2D eigenvalue weighted by Crippen LogP contribution is -2.20. The van der Waals surface area contributed by atoms with Gasteiger partial charge in [-0.15, -0.1) is 0 Å². The zero-order valence-electron chi connectivity index (χ0n) is 9.49. The van der Waals surface area contributed by atoms with E-state index in [4.69, 9.17) is 5.11 Å². The third-order valence-electron chi connectivity index (χ3n) is 3.12. The van der Waals surface area contributed by atoms with Gasteiger partial charge in [0.2, 0.25) is 0 Å². The van der Waals surface area contributed by atoms with Gasteiger partial charge < -0.3 is 5.11 Å². The summed E-state index contributed by atoms with van der Waals surface area (Å²) in [5.74, 6) is 1.03. The largest absolute Gasteiger partial charge is 0.481 e. The Morgan fingerprint density at radius 2 is 2.13 bits per heavy atom. The van der Waals surface area contributed by atoms with Crippen LogP contribution in [0, 0.1) is 11.3 Å². The van der Waals surface area contributed by atoms with Crippen molar-refractivity contribution in [2.75, 3.05) is 11.5 Å². The van der Waals surface area contributed by atoms with Crippen LogP contribution in [0.4, 0.5) is 0 Å². The van der Waals surface area contributed by atoms with Crippen LogP contribution in [0.15, 0.2) is 0 Å². The normalized spacial score (nSPS) is 22.0. The highest BCUT2D eigenvalue weighted by molar-refractivity contribution is 7.85. The molecule has 88 valence electrons. The minimum Gasteiger partial charge on any atom is -0.481 e. The van der Waals surface area contributed by atoms with Gasteiger partial charge >= 0.3 is 5.97 Å². The quantitative estimate of drug-likeness (QED) is 0.730. The van der Waals surface area contributed by atoms with E-state index < -0.39 is 16.8 Å². The van der Waals surface area contributed by atoms with E-state index >= 15 is 0 Å². The van der Waals surface area contributed by atoms with E-state index in [-0.39, 0.29) is 11.8 Å².